The first-order valence-electron chi connectivity index (χ1n) is 26.5. The summed E-state index contributed by atoms with van der Waals surface area (Å²) in [7, 11) is 0. The SMILES string of the molecule is CC/C=C/C=C/C=C/CCCCCCCC(=O)OCC(COC(=O)CCCCCCCCC/C=C/CCCCCCCC)OC(=O)CCCCCCCC/C=C/C=C/CCCCC. The van der Waals surface area contributed by atoms with Crippen LogP contribution < -0.4 is 0 Å². The minimum atomic E-state index is -0.791. The zero-order valence-electron chi connectivity index (χ0n) is 41.3. The van der Waals surface area contributed by atoms with Crippen LogP contribution in [0.15, 0.2) is 72.9 Å². The second-order valence-corrected chi connectivity index (χ2v) is 17.5. The minimum absolute atomic E-state index is 0.0893. The van der Waals surface area contributed by atoms with Crippen molar-refractivity contribution in [2.45, 2.75) is 258 Å². The standard InChI is InChI=1S/C57H98O6/c1-4-7-10-13-16-19-22-25-27-28-30-32-35-38-41-44-47-50-56(59)62-53-54(52-61-55(58)49-46-43-40-37-34-31-24-21-18-15-12-9-6-3)63-57(60)51-48-45-42-39-36-33-29-26-23-20-17-14-11-8-5-2/h9,12,15,17-18,20-21,23-27,54H,4-8,10-11,13-14,16,19,22,28-53H2,1-3H3/b12-9+,18-15+,20-17+,24-21+,26-23+,27-25+. The topological polar surface area (TPSA) is 78.9 Å². The Hall–Kier alpha value is -3.15. The Labute approximate surface area is 389 Å². The van der Waals surface area contributed by atoms with E-state index >= 15 is 0 Å². The van der Waals surface area contributed by atoms with E-state index in [1.54, 1.807) is 0 Å². The van der Waals surface area contributed by atoms with E-state index in [1.165, 1.54) is 116 Å². The normalized spacial score (nSPS) is 12.6. The summed E-state index contributed by atoms with van der Waals surface area (Å²) in [6, 6.07) is 0. The molecule has 0 saturated carbocycles. The highest BCUT2D eigenvalue weighted by molar-refractivity contribution is 5.71. The van der Waals surface area contributed by atoms with Crippen molar-refractivity contribution in [1.29, 1.82) is 0 Å². The molecule has 362 valence electrons. The van der Waals surface area contributed by atoms with Gasteiger partial charge in [0.1, 0.15) is 13.2 Å². The van der Waals surface area contributed by atoms with Crippen LogP contribution in [0.1, 0.15) is 252 Å². The number of unbranched alkanes of at least 4 members (excludes halogenated alkanes) is 27. The molecule has 0 N–H and O–H groups in total. The highest BCUT2D eigenvalue weighted by Crippen LogP contribution is 2.14. The van der Waals surface area contributed by atoms with Gasteiger partial charge in [-0.25, -0.2) is 0 Å². The predicted molar refractivity (Wildman–Crippen MR) is 270 cm³/mol. The van der Waals surface area contributed by atoms with Crippen LogP contribution in [0, 0.1) is 0 Å². The summed E-state index contributed by atoms with van der Waals surface area (Å²) < 4.78 is 16.8. The van der Waals surface area contributed by atoms with E-state index in [2.05, 4.69) is 93.7 Å². The maximum Gasteiger partial charge on any atom is 0.306 e. The number of carbonyl (C=O) groups is 3. The summed E-state index contributed by atoms with van der Waals surface area (Å²) in [6.45, 7) is 6.45. The average Bonchev–Trinajstić information content (AvgIpc) is 3.28. The van der Waals surface area contributed by atoms with Crippen molar-refractivity contribution in [1.82, 2.24) is 0 Å². The van der Waals surface area contributed by atoms with Crippen LogP contribution in [-0.4, -0.2) is 37.2 Å². The molecule has 0 aromatic rings. The molecular weight excluding hydrogens is 781 g/mol. The van der Waals surface area contributed by atoms with Gasteiger partial charge in [-0.1, -0.05) is 216 Å². The molecule has 0 aromatic heterocycles. The van der Waals surface area contributed by atoms with Gasteiger partial charge in [0.2, 0.25) is 0 Å². The van der Waals surface area contributed by atoms with Gasteiger partial charge in [-0.3, -0.25) is 14.4 Å². The second-order valence-electron chi connectivity index (χ2n) is 17.5. The maximum absolute atomic E-state index is 12.8. The molecule has 0 rings (SSSR count). The minimum Gasteiger partial charge on any atom is -0.462 e. The Bertz CT molecular complexity index is 1190. The average molecular weight is 879 g/mol. The number of rotatable bonds is 47. The molecule has 63 heavy (non-hydrogen) atoms. The Morgan fingerprint density at radius 3 is 1.05 bits per heavy atom. The molecule has 1 unspecified atom stereocenters. The molecule has 6 nitrogen and oxygen atoms in total. The Morgan fingerprint density at radius 2 is 0.635 bits per heavy atom. The molecule has 0 amide bonds. The van der Waals surface area contributed by atoms with Crippen molar-refractivity contribution in [2.24, 2.45) is 0 Å². The lowest BCUT2D eigenvalue weighted by molar-refractivity contribution is -0.167. The number of esters is 3. The molecular formula is C57H98O6. The smallest absolute Gasteiger partial charge is 0.306 e. The third-order valence-electron chi connectivity index (χ3n) is 11.3. The molecule has 0 fully saturated rings. The van der Waals surface area contributed by atoms with Gasteiger partial charge >= 0.3 is 17.9 Å². The molecule has 0 saturated heterocycles. The van der Waals surface area contributed by atoms with Crippen molar-refractivity contribution in [2.75, 3.05) is 13.2 Å². The first kappa shape index (κ1) is 59.9. The number of ether oxygens (including phenoxy) is 3. The lowest BCUT2D eigenvalue weighted by Gasteiger charge is -2.18. The molecule has 0 bridgehead atoms. The van der Waals surface area contributed by atoms with Crippen LogP contribution in [0.4, 0.5) is 0 Å². The van der Waals surface area contributed by atoms with Gasteiger partial charge in [-0.15, -0.1) is 0 Å². The van der Waals surface area contributed by atoms with Crippen LogP contribution in [0.5, 0.6) is 0 Å². The molecule has 0 aromatic carbocycles. The van der Waals surface area contributed by atoms with E-state index in [-0.39, 0.29) is 31.1 Å². The van der Waals surface area contributed by atoms with E-state index in [4.69, 9.17) is 14.2 Å². The molecule has 0 radical (unpaired) electrons. The fourth-order valence-corrected chi connectivity index (χ4v) is 7.25. The fourth-order valence-electron chi connectivity index (χ4n) is 7.25. The molecule has 0 spiro atoms. The molecule has 0 aliphatic rings. The van der Waals surface area contributed by atoms with Crippen molar-refractivity contribution in [3.63, 3.8) is 0 Å². The zero-order chi connectivity index (χ0) is 45.8. The fraction of sp³-hybridized carbons (Fsp3) is 0.737. The molecule has 6 heteroatoms. The summed E-state index contributed by atoms with van der Waals surface area (Å²) in [5.74, 6) is -0.924. The molecule has 0 aliphatic heterocycles. The van der Waals surface area contributed by atoms with Crippen LogP contribution >= 0.6 is 0 Å². The molecule has 0 heterocycles. The third kappa shape index (κ3) is 49.7. The highest BCUT2D eigenvalue weighted by Gasteiger charge is 2.19. The predicted octanol–water partition coefficient (Wildman–Crippen LogP) is 17.4. The van der Waals surface area contributed by atoms with Gasteiger partial charge in [0.15, 0.2) is 6.10 Å². The molecule has 1 atom stereocenters. The summed E-state index contributed by atoms with van der Waals surface area (Å²) in [4.78, 5) is 38.0. The van der Waals surface area contributed by atoms with E-state index < -0.39 is 6.10 Å². The lowest BCUT2D eigenvalue weighted by Crippen LogP contribution is -2.30. The number of allylic oxidation sites excluding steroid dienone is 12. The summed E-state index contributed by atoms with van der Waals surface area (Å²) in [6.07, 6.45) is 64.5. The van der Waals surface area contributed by atoms with E-state index in [0.29, 0.717) is 19.3 Å². The first-order chi connectivity index (χ1) is 31.0. The lowest BCUT2D eigenvalue weighted by atomic mass is 10.1. The summed E-state index contributed by atoms with van der Waals surface area (Å²) in [5, 5.41) is 0. The third-order valence-corrected chi connectivity index (χ3v) is 11.3. The largest absolute Gasteiger partial charge is 0.462 e. The van der Waals surface area contributed by atoms with Crippen LogP contribution in [0.25, 0.3) is 0 Å². The molecule has 0 aliphatic carbocycles. The van der Waals surface area contributed by atoms with Gasteiger partial charge in [-0.2, -0.15) is 0 Å². The monoisotopic (exact) mass is 879 g/mol. The summed E-state index contributed by atoms with van der Waals surface area (Å²) in [5.41, 5.74) is 0. The summed E-state index contributed by atoms with van der Waals surface area (Å²) >= 11 is 0. The van der Waals surface area contributed by atoms with E-state index in [1.807, 2.05) is 0 Å². The second kappa shape index (κ2) is 51.5. The Morgan fingerprint density at radius 1 is 0.333 bits per heavy atom. The van der Waals surface area contributed by atoms with Crippen LogP contribution in [-0.2, 0) is 28.6 Å². The van der Waals surface area contributed by atoms with Gasteiger partial charge in [0, 0.05) is 19.3 Å². The van der Waals surface area contributed by atoms with Crippen molar-refractivity contribution in [3.05, 3.63) is 72.9 Å². The zero-order valence-corrected chi connectivity index (χ0v) is 41.3. The van der Waals surface area contributed by atoms with E-state index in [9.17, 15) is 14.4 Å². The highest BCUT2D eigenvalue weighted by atomic mass is 16.6. The number of hydrogen-bond donors (Lipinski definition) is 0. The van der Waals surface area contributed by atoms with E-state index in [0.717, 1.165) is 96.3 Å². The first-order valence-corrected chi connectivity index (χ1v) is 26.5. The van der Waals surface area contributed by atoms with Gasteiger partial charge in [-0.05, 0) is 89.9 Å². The maximum atomic E-state index is 12.8. The quantitative estimate of drug-likeness (QED) is 0.0199. The number of hydrogen-bond acceptors (Lipinski definition) is 6. The van der Waals surface area contributed by atoms with Crippen molar-refractivity contribution >= 4 is 17.9 Å². The van der Waals surface area contributed by atoms with Crippen molar-refractivity contribution in [3.8, 4) is 0 Å². The van der Waals surface area contributed by atoms with Crippen molar-refractivity contribution < 1.29 is 28.6 Å². The number of carbonyl (C=O) groups excluding carboxylic acids is 3. The van der Waals surface area contributed by atoms with Gasteiger partial charge in [0.05, 0.1) is 0 Å². The Kier molecular flexibility index (Phi) is 48.9. The van der Waals surface area contributed by atoms with Gasteiger partial charge < -0.3 is 14.2 Å². The van der Waals surface area contributed by atoms with Crippen LogP contribution in [0.2, 0.25) is 0 Å². The Balaban J connectivity index is 4.42. The van der Waals surface area contributed by atoms with Gasteiger partial charge in [0.25, 0.3) is 0 Å². The van der Waals surface area contributed by atoms with Crippen LogP contribution in [0.3, 0.4) is 0 Å².